The zero-order chi connectivity index (χ0) is 14.8. The van der Waals surface area contributed by atoms with Crippen LogP contribution in [0.4, 0.5) is 0 Å². The molecule has 2 nitrogen and oxygen atoms in total. The highest BCUT2D eigenvalue weighted by Crippen LogP contribution is 2.39. The highest BCUT2D eigenvalue weighted by molar-refractivity contribution is 8.00. The van der Waals surface area contributed by atoms with Crippen molar-refractivity contribution in [1.29, 1.82) is 0 Å². The molecule has 2 bridgehead atoms. The molecule has 5 rings (SSSR count). The third kappa shape index (κ3) is 3.16. The van der Waals surface area contributed by atoms with Crippen molar-refractivity contribution in [1.82, 2.24) is 4.90 Å². The van der Waals surface area contributed by atoms with E-state index in [1.54, 1.807) is 0 Å². The van der Waals surface area contributed by atoms with Crippen LogP contribution in [0.2, 0.25) is 0 Å². The molecule has 1 unspecified atom stereocenters. The third-order valence-electron chi connectivity index (χ3n) is 4.69. The maximum absolute atomic E-state index is 5.86. The van der Waals surface area contributed by atoms with Crippen molar-refractivity contribution < 1.29 is 4.74 Å². The number of nitrogens with zero attached hydrogens (tertiary/aromatic N) is 1. The number of hydrogen-bond donors (Lipinski definition) is 0. The summed E-state index contributed by atoms with van der Waals surface area (Å²) in [7, 11) is 0. The van der Waals surface area contributed by atoms with Gasteiger partial charge in [0, 0.05) is 16.7 Å². The van der Waals surface area contributed by atoms with Gasteiger partial charge in [0.2, 0.25) is 0 Å². The third-order valence-corrected chi connectivity index (χ3v) is 6.07. The molecule has 3 heterocycles. The molecule has 3 heteroatoms. The molecule has 3 saturated heterocycles. The van der Waals surface area contributed by atoms with Crippen LogP contribution >= 0.6 is 11.8 Å². The second-order valence-corrected chi connectivity index (χ2v) is 7.49. The van der Waals surface area contributed by atoms with Gasteiger partial charge in [-0.2, -0.15) is 0 Å². The first kappa shape index (κ1) is 14.2. The Kier molecular flexibility index (Phi) is 4.09. The summed E-state index contributed by atoms with van der Waals surface area (Å²) in [6.45, 7) is 3.88. The first-order valence-corrected chi connectivity index (χ1v) is 8.97. The number of hydrogen-bond acceptors (Lipinski definition) is 3. The topological polar surface area (TPSA) is 12.5 Å². The fourth-order valence-electron chi connectivity index (χ4n) is 3.43. The van der Waals surface area contributed by atoms with Crippen molar-refractivity contribution in [3.8, 4) is 11.5 Å². The minimum Gasteiger partial charge on any atom is -0.457 e. The van der Waals surface area contributed by atoms with Gasteiger partial charge in [-0.25, -0.2) is 0 Å². The Labute approximate surface area is 136 Å². The number of benzene rings is 2. The molecule has 0 radical (unpaired) electrons. The quantitative estimate of drug-likeness (QED) is 0.814. The maximum atomic E-state index is 5.86. The minimum atomic E-state index is 0.767. The second-order valence-electron chi connectivity index (χ2n) is 6.18. The summed E-state index contributed by atoms with van der Waals surface area (Å²) in [5.41, 5.74) is 0. The molecule has 0 spiro atoms. The first-order valence-electron chi connectivity index (χ1n) is 8.09. The van der Waals surface area contributed by atoms with Gasteiger partial charge in [-0.15, -0.1) is 11.8 Å². The van der Waals surface area contributed by atoms with Crippen molar-refractivity contribution in [2.45, 2.75) is 23.0 Å². The standard InChI is InChI=1S/C19H21NOS/c1-2-4-16(5-3-1)21-17-6-8-18(9-7-17)22-19-14-20-12-10-15(19)11-13-20/h1-9,15,19H,10-14H2. The van der Waals surface area contributed by atoms with Crippen LogP contribution in [0.3, 0.4) is 0 Å². The molecule has 0 aliphatic carbocycles. The smallest absolute Gasteiger partial charge is 0.127 e. The second kappa shape index (κ2) is 6.35. The molecule has 0 saturated carbocycles. The molecule has 0 amide bonds. The van der Waals surface area contributed by atoms with Gasteiger partial charge in [-0.05, 0) is 68.2 Å². The fraction of sp³-hybridized carbons (Fsp3) is 0.368. The Hall–Kier alpha value is -1.45. The zero-order valence-electron chi connectivity index (χ0n) is 12.7. The molecule has 0 N–H and O–H groups in total. The van der Waals surface area contributed by atoms with Crippen LogP contribution in [0.5, 0.6) is 11.5 Å². The molecular weight excluding hydrogens is 290 g/mol. The average Bonchev–Trinajstić information content (AvgIpc) is 2.59. The van der Waals surface area contributed by atoms with Gasteiger partial charge in [0.05, 0.1) is 0 Å². The Morgan fingerprint density at radius 1 is 0.864 bits per heavy atom. The van der Waals surface area contributed by atoms with Crippen molar-refractivity contribution in [3.05, 3.63) is 54.6 Å². The molecule has 3 aliphatic rings. The number of para-hydroxylation sites is 1. The summed E-state index contributed by atoms with van der Waals surface area (Å²) in [6, 6.07) is 18.5. The molecule has 114 valence electrons. The monoisotopic (exact) mass is 311 g/mol. The lowest BCUT2D eigenvalue weighted by Crippen LogP contribution is -2.48. The predicted octanol–water partition coefficient (Wildman–Crippen LogP) is 4.67. The van der Waals surface area contributed by atoms with Crippen LogP contribution in [-0.4, -0.2) is 29.8 Å². The Balaban J connectivity index is 1.39. The van der Waals surface area contributed by atoms with Gasteiger partial charge in [0.25, 0.3) is 0 Å². The van der Waals surface area contributed by atoms with Crippen molar-refractivity contribution >= 4 is 11.8 Å². The van der Waals surface area contributed by atoms with E-state index in [9.17, 15) is 0 Å². The van der Waals surface area contributed by atoms with Crippen LogP contribution in [-0.2, 0) is 0 Å². The molecule has 2 aromatic rings. The Bertz CT molecular complexity index is 605. The van der Waals surface area contributed by atoms with E-state index >= 15 is 0 Å². The Morgan fingerprint density at radius 3 is 2.18 bits per heavy atom. The number of rotatable bonds is 4. The molecule has 1 atom stereocenters. The van der Waals surface area contributed by atoms with Gasteiger partial charge in [-0.1, -0.05) is 18.2 Å². The van der Waals surface area contributed by atoms with E-state index in [1.807, 2.05) is 42.1 Å². The van der Waals surface area contributed by atoms with Gasteiger partial charge < -0.3 is 9.64 Å². The Morgan fingerprint density at radius 2 is 1.55 bits per heavy atom. The maximum Gasteiger partial charge on any atom is 0.127 e. The summed E-state index contributed by atoms with van der Waals surface area (Å²) in [6.07, 6.45) is 2.76. The summed E-state index contributed by atoms with van der Waals surface area (Å²) in [5, 5.41) is 0.767. The van der Waals surface area contributed by atoms with Crippen LogP contribution in [0.15, 0.2) is 59.5 Å². The average molecular weight is 311 g/mol. The van der Waals surface area contributed by atoms with E-state index in [0.717, 1.165) is 22.7 Å². The minimum absolute atomic E-state index is 0.767. The summed E-state index contributed by atoms with van der Waals surface area (Å²) in [5.74, 6) is 2.71. The van der Waals surface area contributed by atoms with Gasteiger partial charge >= 0.3 is 0 Å². The van der Waals surface area contributed by atoms with Crippen molar-refractivity contribution in [3.63, 3.8) is 0 Å². The number of fused-ring (bicyclic) bond motifs is 3. The first-order chi connectivity index (χ1) is 10.9. The van der Waals surface area contributed by atoms with Crippen molar-refractivity contribution in [2.75, 3.05) is 19.6 Å². The summed E-state index contributed by atoms with van der Waals surface area (Å²) in [4.78, 5) is 3.98. The molecule has 0 aromatic heterocycles. The highest BCUT2D eigenvalue weighted by Gasteiger charge is 2.34. The van der Waals surface area contributed by atoms with Gasteiger partial charge in [0.15, 0.2) is 0 Å². The summed E-state index contributed by atoms with van der Waals surface area (Å²) >= 11 is 2.05. The zero-order valence-corrected chi connectivity index (χ0v) is 13.5. The van der Waals surface area contributed by atoms with E-state index in [-0.39, 0.29) is 0 Å². The van der Waals surface area contributed by atoms with Crippen LogP contribution in [0.1, 0.15) is 12.8 Å². The van der Waals surface area contributed by atoms with Crippen LogP contribution in [0.25, 0.3) is 0 Å². The normalized spacial score (nSPS) is 26.8. The van der Waals surface area contributed by atoms with E-state index in [1.165, 1.54) is 37.4 Å². The lowest BCUT2D eigenvalue weighted by atomic mass is 9.88. The fourth-order valence-corrected chi connectivity index (χ4v) is 4.82. The highest BCUT2D eigenvalue weighted by atomic mass is 32.2. The molecule has 3 fully saturated rings. The SMILES string of the molecule is c1ccc(Oc2ccc(SC3CN4CCC3CC4)cc2)cc1. The molecule has 3 aliphatic heterocycles. The van der Waals surface area contributed by atoms with Crippen molar-refractivity contribution in [2.24, 2.45) is 5.92 Å². The van der Waals surface area contributed by atoms with E-state index in [2.05, 4.69) is 29.2 Å². The number of piperidine rings is 3. The molecule has 22 heavy (non-hydrogen) atoms. The molecule has 2 aromatic carbocycles. The van der Waals surface area contributed by atoms with Crippen LogP contribution in [0, 0.1) is 5.92 Å². The lowest BCUT2D eigenvalue weighted by molar-refractivity contribution is 0.118. The van der Waals surface area contributed by atoms with E-state index in [0.29, 0.717) is 0 Å². The summed E-state index contributed by atoms with van der Waals surface area (Å²) < 4.78 is 5.86. The van der Waals surface area contributed by atoms with E-state index < -0.39 is 0 Å². The van der Waals surface area contributed by atoms with E-state index in [4.69, 9.17) is 4.74 Å². The molecular formula is C19H21NOS. The number of thioether (sulfide) groups is 1. The van der Waals surface area contributed by atoms with Crippen LogP contribution < -0.4 is 4.74 Å². The largest absolute Gasteiger partial charge is 0.457 e. The predicted molar refractivity (Wildman–Crippen MR) is 91.8 cm³/mol. The number of ether oxygens (including phenoxy) is 1. The van der Waals surface area contributed by atoms with Gasteiger partial charge in [0.1, 0.15) is 11.5 Å². The lowest BCUT2D eigenvalue weighted by Gasteiger charge is -2.44. The van der Waals surface area contributed by atoms with Gasteiger partial charge in [-0.3, -0.25) is 0 Å².